The summed E-state index contributed by atoms with van der Waals surface area (Å²) in [4.78, 5) is 10.8. The summed E-state index contributed by atoms with van der Waals surface area (Å²) in [5.41, 5.74) is 0.236. The van der Waals surface area contributed by atoms with Gasteiger partial charge in [0, 0.05) is 19.7 Å². The van der Waals surface area contributed by atoms with E-state index in [4.69, 9.17) is 14.6 Å². The molecule has 0 atom stereocenters. The maximum absolute atomic E-state index is 10.8. The number of carboxylic acids is 1. The van der Waals surface area contributed by atoms with Gasteiger partial charge in [0.15, 0.2) is 0 Å². The number of nitrogens with one attached hydrogen (secondary N) is 1. The third-order valence-electron chi connectivity index (χ3n) is 2.69. The van der Waals surface area contributed by atoms with Crippen molar-refractivity contribution in [1.82, 2.24) is 5.32 Å². The second-order valence-corrected chi connectivity index (χ2v) is 4.40. The molecule has 0 aliphatic heterocycles. The Hall–Kier alpha value is -1.59. The van der Waals surface area contributed by atoms with Gasteiger partial charge in [0.1, 0.15) is 12.4 Å². The highest BCUT2D eigenvalue weighted by Crippen LogP contribution is 2.12. The predicted octanol–water partition coefficient (Wildman–Crippen LogP) is 2.17. The first kappa shape index (κ1) is 16.5. The summed E-state index contributed by atoms with van der Waals surface area (Å²) in [5.74, 6) is -0.372. The average molecular weight is 281 g/mol. The maximum Gasteiger partial charge on any atom is 0.335 e. The number of hydrogen-bond acceptors (Lipinski definition) is 4. The molecular weight excluding hydrogens is 258 g/mol. The molecule has 0 saturated heterocycles. The van der Waals surface area contributed by atoms with E-state index in [2.05, 4.69) is 12.2 Å². The van der Waals surface area contributed by atoms with Crippen molar-refractivity contribution in [3.63, 3.8) is 0 Å². The molecule has 5 nitrogen and oxygen atoms in total. The van der Waals surface area contributed by atoms with Gasteiger partial charge in [-0.25, -0.2) is 4.79 Å². The molecule has 0 aliphatic rings. The third kappa shape index (κ3) is 7.11. The summed E-state index contributed by atoms with van der Waals surface area (Å²) < 4.78 is 10.9. The van der Waals surface area contributed by atoms with Crippen molar-refractivity contribution in [3.8, 4) is 5.75 Å². The molecule has 20 heavy (non-hydrogen) atoms. The first-order valence-corrected chi connectivity index (χ1v) is 6.98. The Balaban J connectivity index is 2.06. The molecule has 112 valence electrons. The molecule has 1 rings (SSSR count). The molecule has 0 heterocycles. The van der Waals surface area contributed by atoms with Crippen molar-refractivity contribution >= 4 is 5.97 Å². The summed E-state index contributed by atoms with van der Waals surface area (Å²) in [6.07, 6.45) is 2.25. The highest BCUT2D eigenvalue weighted by Gasteiger charge is 2.03. The highest BCUT2D eigenvalue weighted by molar-refractivity contribution is 5.87. The van der Waals surface area contributed by atoms with Crippen LogP contribution in [0.25, 0.3) is 0 Å². The number of carboxylic acid groups (broad SMARTS) is 1. The number of benzene rings is 1. The third-order valence-corrected chi connectivity index (χ3v) is 2.69. The second-order valence-electron chi connectivity index (χ2n) is 4.40. The van der Waals surface area contributed by atoms with Crippen LogP contribution in [0.15, 0.2) is 24.3 Å². The minimum Gasteiger partial charge on any atom is -0.492 e. The number of unbranched alkanes of at least 4 members (excludes halogenated alkanes) is 1. The van der Waals surface area contributed by atoms with Crippen molar-refractivity contribution in [2.45, 2.75) is 19.8 Å². The second kappa shape index (κ2) is 10.2. The van der Waals surface area contributed by atoms with Crippen LogP contribution >= 0.6 is 0 Å². The molecule has 0 unspecified atom stereocenters. The number of hydrogen-bond donors (Lipinski definition) is 2. The Kier molecular flexibility index (Phi) is 8.42. The van der Waals surface area contributed by atoms with Crippen LogP contribution in [0.5, 0.6) is 5.75 Å². The van der Waals surface area contributed by atoms with Crippen molar-refractivity contribution in [1.29, 1.82) is 0 Å². The van der Waals surface area contributed by atoms with Gasteiger partial charge in [-0.05, 0) is 24.6 Å². The monoisotopic (exact) mass is 281 g/mol. The Morgan fingerprint density at radius 2 is 2.05 bits per heavy atom. The Morgan fingerprint density at radius 3 is 2.80 bits per heavy atom. The molecule has 0 aromatic heterocycles. The van der Waals surface area contributed by atoms with Gasteiger partial charge in [-0.3, -0.25) is 0 Å². The standard InChI is InChI=1S/C15H23NO4/c1-2-3-9-19-10-7-16-8-11-20-14-6-4-5-13(12-14)15(17)18/h4-6,12,16H,2-3,7-11H2,1H3,(H,17,18). The van der Waals surface area contributed by atoms with Gasteiger partial charge in [0.2, 0.25) is 0 Å². The van der Waals surface area contributed by atoms with Crippen LogP contribution in [0.2, 0.25) is 0 Å². The molecule has 0 bridgehead atoms. The van der Waals surface area contributed by atoms with Gasteiger partial charge in [-0.2, -0.15) is 0 Å². The number of rotatable bonds is 11. The fraction of sp³-hybridized carbons (Fsp3) is 0.533. The van der Waals surface area contributed by atoms with Crippen LogP contribution in [0.4, 0.5) is 0 Å². The summed E-state index contributed by atoms with van der Waals surface area (Å²) in [7, 11) is 0. The molecule has 5 heteroatoms. The fourth-order valence-electron chi connectivity index (χ4n) is 1.58. The molecule has 0 saturated carbocycles. The smallest absolute Gasteiger partial charge is 0.335 e. The summed E-state index contributed by atoms with van der Waals surface area (Å²) in [5, 5.41) is 12.1. The van der Waals surface area contributed by atoms with E-state index in [1.807, 2.05) is 0 Å². The van der Waals surface area contributed by atoms with E-state index < -0.39 is 5.97 Å². The summed E-state index contributed by atoms with van der Waals surface area (Å²) in [6, 6.07) is 6.49. The SMILES string of the molecule is CCCCOCCNCCOc1cccc(C(=O)O)c1. The van der Waals surface area contributed by atoms with E-state index in [1.165, 1.54) is 6.07 Å². The fourth-order valence-corrected chi connectivity index (χ4v) is 1.58. The normalized spacial score (nSPS) is 10.4. The average Bonchev–Trinajstić information content (AvgIpc) is 2.46. The van der Waals surface area contributed by atoms with Crippen molar-refractivity contribution in [3.05, 3.63) is 29.8 Å². The lowest BCUT2D eigenvalue weighted by molar-refractivity contribution is 0.0696. The van der Waals surface area contributed by atoms with E-state index in [1.54, 1.807) is 18.2 Å². The predicted molar refractivity (Wildman–Crippen MR) is 77.5 cm³/mol. The van der Waals surface area contributed by atoms with Crippen LogP contribution in [0.3, 0.4) is 0 Å². The minimum absolute atomic E-state index is 0.236. The Bertz CT molecular complexity index is 395. The molecule has 0 fully saturated rings. The Morgan fingerprint density at radius 1 is 1.25 bits per heavy atom. The van der Waals surface area contributed by atoms with Crippen LogP contribution < -0.4 is 10.1 Å². The minimum atomic E-state index is -0.946. The van der Waals surface area contributed by atoms with Gasteiger partial charge in [0.25, 0.3) is 0 Å². The van der Waals surface area contributed by atoms with E-state index in [-0.39, 0.29) is 5.56 Å². The molecule has 1 aromatic carbocycles. The maximum atomic E-state index is 10.8. The molecule has 2 N–H and O–H groups in total. The van der Waals surface area contributed by atoms with Gasteiger partial charge in [-0.1, -0.05) is 19.4 Å². The van der Waals surface area contributed by atoms with Crippen LogP contribution in [-0.2, 0) is 4.74 Å². The molecule has 0 amide bonds. The zero-order valence-electron chi connectivity index (χ0n) is 11.9. The van der Waals surface area contributed by atoms with E-state index >= 15 is 0 Å². The molecule has 0 aliphatic carbocycles. The quantitative estimate of drug-likeness (QED) is 0.608. The van der Waals surface area contributed by atoms with Crippen molar-refractivity contribution in [2.75, 3.05) is 32.9 Å². The number of carbonyl (C=O) groups is 1. The van der Waals surface area contributed by atoms with Crippen molar-refractivity contribution in [2.24, 2.45) is 0 Å². The number of ether oxygens (including phenoxy) is 2. The Labute approximate surface area is 119 Å². The van der Waals surface area contributed by atoms with Crippen molar-refractivity contribution < 1.29 is 19.4 Å². The first-order chi connectivity index (χ1) is 9.74. The summed E-state index contributed by atoms with van der Waals surface area (Å²) in [6.45, 7) is 5.65. The van der Waals surface area contributed by atoms with E-state index in [9.17, 15) is 4.79 Å². The first-order valence-electron chi connectivity index (χ1n) is 6.98. The van der Waals surface area contributed by atoms with Gasteiger partial charge < -0.3 is 19.9 Å². The molecular formula is C15H23NO4. The van der Waals surface area contributed by atoms with Gasteiger partial charge in [-0.15, -0.1) is 0 Å². The lowest BCUT2D eigenvalue weighted by Gasteiger charge is -2.08. The number of aromatic carboxylic acids is 1. The summed E-state index contributed by atoms with van der Waals surface area (Å²) >= 11 is 0. The van der Waals surface area contributed by atoms with E-state index in [0.29, 0.717) is 25.5 Å². The largest absolute Gasteiger partial charge is 0.492 e. The highest BCUT2D eigenvalue weighted by atomic mass is 16.5. The lowest BCUT2D eigenvalue weighted by atomic mass is 10.2. The molecule has 0 spiro atoms. The lowest BCUT2D eigenvalue weighted by Crippen LogP contribution is -2.25. The molecule has 1 aromatic rings. The van der Waals surface area contributed by atoms with Crippen LogP contribution in [0, 0.1) is 0 Å². The van der Waals surface area contributed by atoms with Gasteiger partial charge >= 0.3 is 5.97 Å². The molecule has 0 radical (unpaired) electrons. The van der Waals surface area contributed by atoms with E-state index in [0.717, 1.165) is 26.0 Å². The van der Waals surface area contributed by atoms with Crippen LogP contribution in [0.1, 0.15) is 30.1 Å². The van der Waals surface area contributed by atoms with Gasteiger partial charge in [0.05, 0.1) is 12.2 Å². The topological polar surface area (TPSA) is 67.8 Å². The zero-order valence-corrected chi connectivity index (χ0v) is 11.9. The van der Waals surface area contributed by atoms with Crippen LogP contribution in [-0.4, -0.2) is 44.0 Å². The zero-order chi connectivity index (χ0) is 14.6.